The predicted octanol–water partition coefficient (Wildman–Crippen LogP) is 0.378. The molecular weight excluding hydrogens is 330 g/mol. The minimum Gasteiger partial charge on any atom is -0.379 e. The number of benzene rings is 1. The first kappa shape index (κ1) is 17.5. The van der Waals surface area contributed by atoms with E-state index in [0.29, 0.717) is 19.6 Å². The number of ether oxygens (including phenoxy) is 1. The number of imidazole rings is 1. The summed E-state index contributed by atoms with van der Waals surface area (Å²) in [5, 5.41) is 0. The fraction of sp³-hybridized carbons (Fsp3) is 0.579. The van der Waals surface area contributed by atoms with E-state index in [9.17, 15) is 4.79 Å². The Labute approximate surface area is 153 Å². The van der Waals surface area contributed by atoms with Gasteiger partial charge in [0.1, 0.15) is 11.4 Å². The van der Waals surface area contributed by atoms with Crippen molar-refractivity contribution in [1.82, 2.24) is 19.4 Å². The number of primary amides is 1. The lowest BCUT2D eigenvalue weighted by molar-refractivity contribution is -0.131. The SMILES string of the molecule is Cn1c(CCN2CCN(C3(C(N)=O)CCOC3)CC2)nc2ccccc21. The molecule has 0 saturated carbocycles. The monoisotopic (exact) mass is 357 g/mol. The third-order valence-corrected chi connectivity index (χ3v) is 5.97. The molecule has 0 radical (unpaired) electrons. The van der Waals surface area contributed by atoms with Gasteiger partial charge < -0.3 is 19.9 Å². The van der Waals surface area contributed by atoms with Crippen LogP contribution >= 0.6 is 0 Å². The van der Waals surface area contributed by atoms with Crippen LogP contribution in [0.15, 0.2) is 24.3 Å². The van der Waals surface area contributed by atoms with E-state index >= 15 is 0 Å². The van der Waals surface area contributed by atoms with Gasteiger partial charge in [0.25, 0.3) is 0 Å². The molecule has 0 aliphatic carbocycles. The Hall–Kier alpha value is -1.96. The van der Waals surface area contributed by atoms with E-state index in [1.807, 2.05) is 12.1 Å². The first-order valence-corrected chi connectivity index (χ1v) is 9.35. The average molecular weight is 357 g/mol. The zero-order valence-corrected chi connectivity index (χ0v) is 15.4. The molecule has 26 heavy (non-hydrogen) atoms. The highest BCUT2D eigenvalue weighted by Crippen LogP contribution is 2.27. The highest BCUT2D eigenvalue weighted by atomic mass is 16.5. The summed E-state index contributed by atoms with van der Waals surface area (Å²) < 4.78 is 7.67. The third kappa shape index (κ3) is 3.00. The van der Waals surface area contributed by atoms with Crippen LogP contribution < -0.4 is 5.73 Å². The molecule has 0 spiro atoms. The van der Waals surface area contributed by atoms with Crippen LogP contribution in [0.3, 0.4) is 0 Å². The molecule has 0 bridgehead atoms. The molecule has 2 fully saturated rings. The molecule has 3 heterocycles. The Kier molecular flexibility index (Phi) is 4.69. The zero-order chi connectivity index (χ0) is 18.1. The number of nitrogens with two attached hydrogens (primary N) is 1. The third-order valence-electron chi connectivity index (χ3n) is 5.97. The van der Waals surface area contributed by atoms with Gasteiger partial charge in [0.2, 0.25) is 5.91 Å². The summed E-state index contributed by atoms with van der Waals surface area (Å²) in [6.45, 7) is 5.63. The number of aromatic nitrogens is 2. The second kappa shape index (κ2) is 6.98. The van der Waals surface area contributed by atoms with Gasteiger partial charge in [-0.1, -0.05) is 12.1 Å². The fourth-order valence-electron chi connectivity index (χ4n) is 4.23. The van der Waals surface area contributed by atoms with Crippen LogP contribution in [0.1, 0.15) is 12.2 Å². The van der Waals surface area contributed by atoms with Crippen LogP contribution in [0.5, 0.6) is 0 Å². The highest BCUT2D eigenvalue weighted by molar-refractivity contribution is 5.85. The van der Waals surface area contributed by atoms with Gasteiger partial charge in [-0.15, -0.1) is 0 Å². The normalized spacial score (nSPS) is 25.1. The Balaban J connectivity index is 1.35. The lowest BCUT2D eigenvalue weighted by Gasteiger charge is -2.43. The minimum absolute atomic E-state index is 0.247. The molecule has 1 unspecified atom stereocenters. The van der Waals surface area contributed by atoms with Crippen molar-refractivity contribution in [3.05, 3.63) is 30.1 Å². The average Bonchev–Trinajstić information content (AvgIpc) is 3.27. The van der Waals surface area contributed by atoms with Crippen molar-refractivity contribution in [1.29, 1.82) is 0 Å². The molecule has 1 atom stereocenters. The largest absolute Gasteiger partial charge is 0.379 e. The van der Waals surface area contributed by atoms with Crippen molar-refractivity contribution in [3.63, 3.8) is 0 Å². The number of carbonyl (C=O) groups excluding carboxylic acids is 1. The molecule has 1 aromatic carbocycles. The number of hydrogen-bond acceptors (Lipinski definition) is 5. The number of nitrogens with zero attached hydrogens (tertiary/aromatic N) is 4. The van der Waals surface area contributed by atoms with Crippen molar-refractivity contribution < 1.29 is 9.53 Å². The van der Waals surface area contributed by atoms with Crippen molar-refractivity contribution >= 4 is 16.9 Å². The van der Waals surface area contributed by atoms with Gasteiger partial charge in [0, 0.05) is 59.2 Å². The summed E-state index contributed by atoms with van der Waals surface area (Å²) in [5.74, 6) is 0.870. The molecule has 2 aromatic rings. The lowest BCUT2D eigenvalue weighted by atomic mass is 9.94. The summed E-state index contributed by atoms with van der Waals surface area (Å²) in [4.78, 5) is 21.4. The van der Waals surface area contributed by atoms with E-state index in [1.54, 1.807) is 0 Å². The molecule has 2 aliphatic heterocycles. The minimum atomic E-state index is -0.594. The maximum absolute atomic E-state index is 12.0. The van der Waals surface area contributed by atoms with Crippen molar-refractivity contribution in [2.75, 3.05) is 45.9 Å². The predicted molar refractivity (Wildman–Crippen MR) is 99.8 cm³/mol. The number of aryl methyl sites for hydroxylation is 1. The van der Waals surface area contributed by atoms with Gasteiger partial charge in [-0.3, -0.25) is 9.69 Å². The number of carbonyl (C=O) groups is 1. The number of piperazine rings is 1. The molecule has 2 saturated heterocycles. The molecule has 1 amide bonds. The molecular formula is C19H27N5O2. The molecule has 140 valence electrons. The summed E-state index contributed by atoms with van der Waals surface area (Å²) in [6.07, 6.45) is 1.64. The molecule has 7 nitrogen and oxygen atoms in total. The second-order valence-electron chi connectivity index (χ2n) is 7.35. The quantitative estimate of drug-likeness (QED) is 0.837. The zero-order valence-electron chi connectivity index (χ0n) is 15.4. The Morgan fingerprint density at radius 3 is 2.69 bits per heavy atom. The van der Waals surface area contributed by atoms with E-state index in [-0.39, 0.29) is 5.91 Å². The van der Waals surface area contributed by atoms with Crippen molar-refractivity contribution in [2.45, 2.75) is 18.4 Å². The van der Waals surface area contributed by atoms with E-state index < -0.39 is 5.54 Å². The van der Waals surface area contributed by atoms with Gasteiger partial charge in [-0.05, 0) is 12.1 Å². The molecule has 2 aliphatic rings. The molecule has 7 heteroatoms. The molecule has 2 N–H and O–H groups in total. The Morgan fingerprint density at radius 1 is 1.27 bits per heavy atom. The number of amides is 1. The van der Waals surface area contributed by atoms with Crippen molar-refractivity contribution in [2.24, 2.45) is 12.8 Å². The van der Waals surface area contributed by atoms with Crippen molar-refractivity contribution in [3.8, 4) is 0 Å². The standard InChI is InChI=1S/C19H27N5O2/c1-22-16-5-3-2-4-15(16)21-17(22)6-8-23-9-11-24(12-10-23)19(18(20)25)7-13-26-14-19/h2-5H,6-14H2,1H3,(H2,20,25). The van der Waals surface area contributed by atoms with E-state index in [2.05, 4.69) is 33.5 Å². The van der Waals surface area contributed by atoms with Crippen LogP contribution in [-0.2, 0) is 23.0 Å². The maximum atomic E-state index is 12.0. The van der Waals surface area contributed by atoms with Gasteiger partial charge in [0.15, 0.2) is 0 Å². The van der Waals surface area contributed by atoms with Gasteiger partial charge in [-0.25, -0.2) is 4.98 Å². The smallest absolute Gasteiger partial charge is 0.240 e. The fourth-order valence-corrected chi connectivity index (χ4v) is 4.23. The van der Waals surface area contributed by atoms with E-state index in [0.717, 1.165) is 50.5 Å². The van der Waals surface area contributed by atoms with Gasteiger partial charge in [-0.2, -0.15) is 0 Å². The Morgan fingerprint density at radius 2 is 2.04 bits per heavy atom. The van der Waals surface area contributed by atoms with E-state index in [4.69, 9.17) is 15.5 Å². The first-order valence-electron chi connectivity index (χ1n) is 9.35. The van der Waals surface area contributed by atoms with Crippen LogP contribution in [-0.4, -0.2) is 76.7 Å². The molecule has 4 rings (SSSR count). The van der Waals surface area contributed by atoms with Gasteiger partial charge in [0.05, 0.1) is 17.6 Å². The van der Waals surface area contributed by atoms with Gasteiger partial charge >= 0.3 is 0 Å². The highest BCUT2D eigenvalue weighted by Gasteiger charge is 2.46. The summed E-state index contributed by atoms with van der Waals surface area (Å²) in [6, 6.07) is 8.25. The second-order valence-corrected chi connectivity index (χ2v) is 7.35. The van der Waals surface area contributed by atoms with E-state index in [1.165, 1.54) is 5.52 Å². The molecule has 1 aromatic heterocycles. The maximum Gasteiger partial charge on any atom is 0.240 e. The Bertz CT molecular complexity index is 788. The summed E-state index contributed by atoms with van der Waals surface area (Å²) >= 11 is 0. The summed E-state index contributed by atoms with van der Waals surface area (Å²) in [7, 11) is 2.08. The number of rotatable bonds is 5. The topological polar surface area (TPSA) is 76.6 Å². The van der Waals surface area contributed by atoms with Crippen LogP contribution in [0, 0.1) is 0 Å². The summed E-state index contributed by atoms with van der Waals surface area (Å²) in [5.41, 5.74) is 7.34. The lowest BCUT2D eigenvalue weighted by Crippen LogP contribution is -2.63. The number of fused-ring (bicyclic) bond motifs is 1. The van der Waals surface area contributed by atoms with Crippen LogP contribution in [0.25, 0.3) is 11.0 Å². The van der Waals surface area contributed by atoms with Crippen LogP contribution in [0.4, 0.5) is 0 Å². The number of hydrogen-bond donors (Lipinski definition) is 1. The van der Waals surface area contributed by atoms with Crippen LogP contribution in [0.2, 0.25) is 0 Å². The first-order chi connectivity index (χ1) is 12.6. The number of para-hydroxylation sites is 2.